The fraction of sp³-hybridized carbons (Fsp3) is 0.571. The second-order valence-electron chi connectivity index (χ2n) is 5.14. The molecule has 0 spiro atoms. The van der Waals surface area contributed by atoms with Gasteiger partial charge in [-0.1, -0.05) is 12.1 Å². The number of aliphatic hydroxyl groups is 1. The van der Waals surface area contributed by atoms with Crippen LogP contribution in [0.15, 0.2) is 24.3 Å². The van der Waals surface area contributed by atoms with Crippen LogP contribution in [-0.2, 0) is 6.42 Å². The van der Waals surface area contributed by atoms with Crippen LogP contribution >= 0.6 is 0 Å². The molecule has 1 unspecified atom stereocenters. The summed E-state index contributed by atoms with van der Waals surface area (Å²) in [6, 6.07) is 8.02. The first kappa shape index (κ1) is 12.4. The first-order valence-corrected chi connectivity index (χ1v) is 6.26. The van der Waals surface area contributed by atoms with E-state index in [9.17, 15) is 5.11 Å². The molecule has 1 aromatic rings. The predicted molar refractivity (Wildman–Crippen MR) is 68.3 cm³/mol. The average molecular weight is 235 g/mol. The molecule has 1 saturated heterocycles. The van der Waals surface area contributed by atoms with Crippen molar-refractivity contribution < 1.29 is 9.84 Å². The number of ether oxygens (including phenoxy) is 1. The van der Waals surface area contributed by atoms with E-state index in [-0.39, 0.29) is 6.10 Å². The lowest BCUT2D eigenvalue weighted by atomic mass is 9.94. The number of benzene rings is 1. The highest BCUT2D eigenvalue weighted by molar-refractivity contribution is 5.28. The van der Waals surface area contributed by atoms with E-state index in [2.05, 4.69) is 5.32 Å². The molecular weight excluding hydrogens is 214 g/mol. The summed E-state index contributed by atoms with van der Waals surface area (Å²) in [5.74, 6) is 0.889. The molecule has 3 nitrogen and oxygen atoms in total. The van der Waals surface area contributed by atoms with E-state index in [4.69, 9.17) is 4.74 Å². The Morgan fingerprint density at radius 2 is 2.06 bits per heavy atom. The minimum atomic E-state index is -0.569. The molecule has 3 heteroatoms. The Kier molecular flexibility index (Phi) is 3.69. The maximum Gasteiger partial charge on any atom is 0.119 e. The standard InChI is InChI=1S/C14H21NO2/c1-11(2)17-13-5-3-12(4-6-13)9-14(16)7-8-15-10-14/h3-6,11,15-16H,7-10H2,1-2H3. The van der Waals surface area contributed by atoms with Crippen molar-refractivity contribution in [1.82, 2.24) is 5.32 Å². The van der Waals surface area contributed by atoms with Gasteiger partial charge in [-0.3, -0.25) is 0 Å². The van der Waals surface area contributed by atoms with Gasteiger partial charge in [0.25, 0.3) is 0 Å². The molecule has 1 heterocycles. The van der Waals surface area contributed by atoms with E-state index in [1.807, 2.05) is 38.1 Å². The smallest absolute Gasteiger partial charge is 0.119 e. The molecule has 0 aliphatic carbocycles. The molecular formula is C14H21NO2. The molecule has 0 aromatic heterocycles. The van der Waals surface area contributed by atoms with Crippen molar-refractivity contribution in [1.29, 1.82) is 0 Å². The molecule has 0 radical (unpaired) electrons. The fourth-order valence-electron chi connectivity index (χ4n) is 2.22. The predicted octanol–water partition coefficient (Wildman–Crippen LogP) is 1.74. The average Bonchev–Trinajstić information content (AvgIpc) is 2.67. The van der Waals surface area contributed by atoms with E-state index in [1.54, 1.807) is 0 Å². The van der Waals surface area contributed by atoms with Crippen molar-refractivity contribution in [3.63, 3.8) is 0 Å². The van der Waals surface area contributed by atoms with Gasteiger partial charge in [-0.15, -0.1) is 0 Å². The van der Waals surface area contributed by atoms with Crippen LogP contribution in [0, 0.1) is 0 Å². The zero-order chi connectivity index (χ0) is 12.3. The molecule has 94 valence electrons. The van der Waals surface area contributed by atoms with Crippen LogP contribution in [0.2, 0.25) is 0 Å². The first-order valence-electron chi connectivity index (χ1n) is 6.26. The molecule has 0 bridgehead atoms. The molecule has 1 atom stereocenters. The van der Waals surface area contributed by atoms with Gasteiger partial charge >= 0.3 is 0 Å². The van der Waals surface area contributed by atoms with Crippen LogP contribution in [0.1, 0.15) is 25.8 Å². The molecule has 1 fully saturated rings. The summed E-state index contributed by atoms with van der Waals surface area (Å²) < 4.78 is 5.59. The summed E-state index contributed by atoms with van der Waals surface area (Å²) in [5.41, 5.74) is 0.591. The maximum absolute atomic E-state index is 10.3. The van der Waals surface area contributed by atoms with Gasteiger partial charge in [0.1, 0.15) is 5.75 Å². The third-order valence-corrected chi connectivity index (χ3v) is 3.05. The van der Waals surface area contributed by atoms with Gasteiger partial charge in [0.05, 0.1) is 11.7 Å². The van der Waals surface area contributed by atoms with Gasteiger partial charge in [0.2, 0.25) is 0 Å². The second-order valence-corrected chi connectivity index (χ2v) is 5.14. The molecule has 1 aliphatic rings. The first-order chi connectivity index (χ1) is 8.07. The van der Waals surface area contributed by atoms with E-state index in [1.165, 1.54) is 0 Å². The largest absolute Gasteiger partial charge is 0.491 e. The van der Waals surface area contributed by atoms with Gasteiger partial charge < -0.3 is 15.2 Å². The zero-order valence-electron chi connectivity index (χ0n) is 10.6. The summed E-state index contributed by atoms with van der Waals surface area (Å²) in [6.45, 7) is 5.63. The van der Waals surface area contributed by atoms with Crippen molar-refractivity contribution >= 4 is 0 Å². The van der Waals surface area contributed by atoms with Crippen molar-refractivity contribution in [2.75, 3.05) is 13.1 Å². The Hall–Kier alpha value is -1.06. The molecule has 2 rings (SSSR count). The summed E-state index contributed by atoms with van der Waals surface area (Å²) >= 11 is 0. The van der Waals surface area contributed by atoms with Gasteiger partial charge in [0, 0.05) is 13.0 Å². The van der Waals surface area contributed by atoms with Crippen molar-refractivity contribution in [3.05, 3.63) is 29.8 Å². The topological polar surface area (TPSA) is 41.5 Å². The minimum absolute atomic E-state index is 0.198. The lowest BCUT2D eigenvalue weighted by Crippen LogP contribution is -2.33. The van der Waals surface area contributed by atoms with E-state index in [0.29, 0.717) is 13.0 Å². The Bertz CT molecular complexity index is 353. The van der Waals surface area contributed by atoms with Crippen molar-refractivity contribution in [2.45, 2.75) is 38.4 Å². The quantitative estimate of drug-likeness (QED) is 0.835. The van der Waals surface area contributed by atoms with Crippen LogP contribution in [0.5, 0.6) is 5.75 Å². The van der Waals surface area contributed by atoms with Crippen molar-refractivity contribution in [3.8, 4) is 5.75 Å². The molecule has 17 heavy (non-hydrogen) atoms. The van der Waals surface area contributed by atoms with Crippen LogP contribution in [0.25, 0.3) is 0 Å². The highest BCUT2D eigenvalue weighted by Gasteiger charge is 2.30. The SMILES string of the molecule is CC(C)Oc1ccc(CC2(O)CCNC2)cc1. The lowest BCUT2D eigenvalue weighted by molar-refractivity contribution is 0.0618. The second kappa shape index (κ2) is 5.07. The van der Waals surface area contributed by atoms with E-state index in [0.717, 1.165) is 24.3 Å². The van der Waals surface area contributed by atoms with E-state index >= 15 is 0 Å². The molecule has 0 amide bonds. The number of nitrogens with one attached hydrogen (secondary N) is 1. The van der Waals surface area contributed by atoms with Crippen molar-refractivity contribution in [2.24, 2.45) is 0 Å². The van der Waals surface area contributed by atoms with Gasteiger partial charge in [-0.05, 0) is 44.5 Å². The Labute approximate surface area is 103 Å². The van der Waals surface area contributed by atoms with Gasteiger partial charge in [-0.25, -0.2) is 0 Å². The fourth-order valence-corrected chi connectivity index (χ4v) is 2.22. The number of β-amino-alcohol motifs (C(OH)–C–C–N with tert-alkyl or cyclic N) is 1. The van der Waals surface area contributed by atoms with Crippen LogP contribution in [0.3, 0.4) is 0 Å². The monoisotopic (exact) mass is 235 g/mol. The maximum atomic E-state index is 10.3. The summed E-state index contributed by atoms with van der Waals surface area (Å²) in [5, 5.41) is 13.5. The van der Waals surface area contributed by atoms with Crippen LogP contribution < -0.4 is 10.1 Å². The zero-order valence-corrected chi connectivity index (χ0v) is 10.6. The number of hydrogen-bond donors (Lipinski definition) is 2. The third kappa shape index (κ3) is 3.45. The Morgan fingerprint density at radius 1 is 1.35 bits per heavy atom. The van der Waals surface area contributed by atoms with Gasteiger partial charge in [0.15, 0.2) is 0 Å². The van der Waals surface area contributed by atoms with E-state index < -0.39 is 5.60 Å². The van der Waals surface area contributed by atoms with Crippen LogP contribution in [0.4, 0.5) is 0 Å². The summed E-state index contributed by atoms with van der Waals surface area (Å²) in [7, 11) is 0. The minimum Gasteiger partial charge on any atom is -0.491 e. The lowest BCUT2D eigenvalue weighted by Gasteiger charge is -2.21. The van der Waals surface area contributed by atoms with Crippen LogP contribution in [-0.4, -0.2) is 29.9 Å². The molecule has 1 aromatic carbocycles. The normalized spacial score (nSPS) is 24.2. The molecule has 1 aliphatic heterocycles. The van der Waals surface area contributed by atoms with Gasteiger partial charge in [-0.2, -0.15) is 0 Å². The highest BCUT2D eigenvalue weighted by Crippen LogP contribution is 2.22. The summed E-state index contributed by atoms with van der Waals surface area (Å²) in [6.07, 6.45) is 1.74. The molecule has 0 saturated carbocycles. The Morgan fingerprint density at radius 3 is 2.59 bits per heavy atom. The highest BCUT2D eigenvalue weighted by atomic mass is 16.5. The summed E-state index contributed by atoms with van der Waals surface area (Å²) in [4.78, 5) is 0. The number of rotatable bonds is 4. The third-order valence-electron chi connectivity index (χ3n) is 3.05. The molecule has 2 N–H and O–H groups in total. The number of hydrogen-bond acceptors (Lipinski definition) is 3. The Balaban J connectivity index is 1.98.